The maximum atomic E-state index is 4.30. The second-order valence-corrected chi connectivity index (χ2v) is 8.10. The van der Waals surface area contributed by atoms with Crippen LogP contribution in [0.2, 0.25) is 0 Å². The van der Waals surface area contributed by atoms with E-state index >= 15 is 0 Å². The largest absolute Gasteiger partial charge is 0.179 e. The van der Waals surface area contributed by atoms with Gasteiger partial charge in [-0.2, -0.15) is 12.6 Å². The van der Waals surface area contributed by atoms with Crippen molar-refractivity contribution >= 4 is 12.6 Å². The topological polar surface area (TPSA) is 0 Å². The number of thiol groups is 1. The van der Waals surface area contributed by atoms with Gasteiger partial charge < -0.3 is 0 Å². The van der Waals surface area contributed by atoms with E-state index in [9.17, 15) is 0 Å². The zero-order chi connectivity index (χ0) is 18.0. The van der Waals surface area contributed by atoms with Crippen molar-refractivity contribution in [2.24, 2.45) is 0 Å². The van der Waals surface area contributed by atoms with Crippen LogP contribution in [0.4, 0.5) is 0 Å². The number of rotatable bonds is 17. The highest BCUT2D eigenvalue weighted by Gasteiger charge is 2.10. The van der Waals surface area contributed by atoms with Gasteiger partial charge >= 0.3 is 0 Å². The Morgan fingerprint density at radius 2 is 1.12 bits per heavy atom. The van der Waals surface area contributed by atoms with Crippen molar-refractivity contribution in [3.8, 4) is 0 Å². The van der Waals surface area contributed by atoms with Crippen molar-refractivity contribution in [3.05, 3.63) is 35.9 Å². The van der Waals surface area contributed by atoms with E-state index in [-0.39, 0.29) is 0 Å². The summed E-state index contributed by atoms with van der Waals surface area (Å²) in [5, 5.41) is 0. The highest BCUT2D eigenvalue weighted by molar-refractivity contribution is 7.80. The molecule has 0 aliphatic heterocycles. The molecule has 0 radical (unpaired) electrons. The molecule has 0 aromatic heterocycles. The fraction of sp³-hybridized carbons (Fsp3) is 0.750. The lowest BCUT2D eigenvalue weighted by atomic mass is 9.88. The molecule has 144 valence electrons. The van der Waals surface area contributed by atoms with Crippen LogP contribution in [0.1, 0.15) is 115 Å². The molecule has 1 aromatic rings. The Labute approximate surface area is 163 Å². The van der Waals surface area contributed by atoms with Crippen LogP contribution >= 0.6 is 12.6 Å². The Hall–Kier alpha value is -0.430. The Bertz CT molecular complexity index is 355. The molecule has 0 saturated carbocycles. The quantitative estimate of drug-likeness (QED) is 0.208. The molecule has 1 unspecified atom stereocenters. The smallest absolute Gasteiger partial charge is 0.00979 e. The van der Waals surface area contributed by atoms with E-state index in [0.29, 0.717) is 0 Å². The first-order valence-corrected chi connectivity index (χ1v) is 11.7. The van der Waals surface area contributed by atoms with Crippen LogP contribution < -0.4 is 0 Å². The molecule has 1 rings (SSSR count). The molecule has 25 heavy (non-hydrogen) atoms. The van der Waals surface area contributed by atoms with E-state index in [2.05, 4.69) is 49.9 Å². The Kier molecular flexibility index (Phi) is 15.4. The molecule has 1 heteroatoms. The summed E-state index contributed by atoms with van der Waals surface area (Å²) < 4.78 is 0. The van der Waals surface area contributed by atoms with Crippen molar-refractivity contribution in [1.29, 1.82) is 0 Å². The molecule has 0 nitrogen and oxygen atoms in total. The van der Waals surface area contributed by atoms with Crippen LogP contribution in [0, 0.1) is 0 Å². The van der Waals surface area contributed by atoms with Crippen molar-refractivity contribution in [2.75, 3.05) is 5.75 Å². The molecule has 0 aliphatic carbocycles. The fourth-order valence-electron chi connectivity index (χ4n) is 3.76. The Morgan fingerprint density at radius 3 is 1.64 bits per heavy atom. The van der Waals surface area contributed by atoms with E-state index < -0.39 is 0 Å². The van der Waals surface area contributed by atoms with Gasteiger partial charge in [0.2, 0.25) is 0 Å². The number of hydrogen-bond donors (Lipinski definition) is 1. The molecule has 0 amide bonds. The second kappa shape index (κ2) is 17.0. The van der Waals surface area contributed by atoms with Gasteiger partial charge in [0.25, 0.3) is 0 Å². The van der Waals surface area contributed by atoms with Gasteiger partial charge in [-0.05, 0) is 36.5 Å². The van der Waals surface area contributed by atoms with Crippen LogP contribution in [-0.4, -0.2) is 5.75 Å². The third-order valence-electron chi connectivity index (χ3n) is 5.39. The van der Waals surface area contributed by atoms with Gasteiger partial charge in [-0.15, -0.1) is 0 Å². The average molecular weight is 363 g/mol. The molecule has 0 spiro atoms. The maximum absolute atomic E-state index is 4.30. The van der Waals surface area contributed by atoms with E-state index in [0.717, 1.165) is 11.7 Å². The van der Waals surface area contributed by atoms with Crippen LogP contribution in [-0.2, 0) is 0 Å². The van der Waals surface area contributed by atoms with Crippen LogP contribution in [0.5, 0.6) is 0 Å². The standard InChI is InChI=1S/C24H42S/c1-2-3-4-5-6-9-13-18-23(24-20-15-12-16-21-24)19-14-10-7-8-11-17-22-25/h12,15-16,20-21,23,25H,2-11,13-14,17-19,22H2,1H3. The summed E-state index contributed by atoms with van der Waals surface area (Å²) in [6.07, 6.45) is 21.0. The summed E-state index contributed by atoms with van der Waals surface area (Å²) in [7, 11) is 0. The zero-order valence-corrected chi connectivity index (χ0v) is 17.6. The predicted molar refractivity (Wildman–Crippen MR) is 118 cm³/mol. The second-order valence-electron chi connectivity index (χ2n) is 7.65. The number of hydrogen-bond acceptors (Lipinski definition) is 1. The van der Waals surface area contributed by atoms with Crippen LogP contribution in [0.25, 0.3) is 0 Å². The summed E-state index contributed by atoms with van der Waals surface area (Å²) in [5.74, 6) is 1.84. The minimum Gasteiger partial charge on any atom is -0.179 e. The first-order chi connectivity index (χ1) is 12.4. The molecule has 0 bridgehead atoms. The highest BCUT2D eigenvalue weighted by Crippen LogP contribution is 2.28. The lowest BCUT2D eigenvalue weighted by Crippen LogP contribution is -1.99. The average Bonchev–Trinajstić information content (AvgIpc) is 2.65. The van der Waals surface area contributed by atoms with Crippen molar-refractivity contribution in [1.82, 2.24) is 0 Å². The van der Waals surface area contributed by atoms with Gasteiger partial charge in [0.15, 0.2) is 0 Å². The lowest BCUT2D eigenvalue weighted by Gasteiger charge is -2.17. The highest BCUT2D eigenvalue weighted by atomic mass is 32.1. The first-order valence-electron chi connectivity index (χ1n) is 11.0. The van der Waals surface area contributed by atoms with Gasteiger partial charge in [0.05, 0.1) is 0 Å². The van der Waals surface area contributed by atoms with Crippen molar-refractivity contribution in [2.45, 2.75) is 109 Å². The van der Waals surface area contributed by atoms with Gasteiger partial charge in [0.1, 0.15) is 0 Å². The number of benzene rings is 1. The normalized spacial score (nSPS) is 12.4. The summed E-state index contributed by atoms with van der Waals surface area (Å²) in [6, 6.07) is 11.3. The molecule has 0 fully saturated rings. The molecular weight excluding hydrogens is 320 g/mol. The minimum absolute atomic E-state index is 0.786. The predicted octanol–water partition coefficient (Wildman–Crippen LogP) is 8.57. The number of unbranched alkanes of at least 4 members (excludes halogenated alkanes) is 11. The van der Waals surface area contributed by atoms with Crippen LogP contribution in [0.3, 0.4) is 0 Å². The van der Waals surface area contributed by atoms with Crippen molar-refractivity contribution in [3.63, 3.8) is 0 Å². The molecule has 1 aromatic carbocycles. The fourth-order valence-corrected chi connectivity index (χ4v) is 3.98. The monoisotopic (exact) mass is 362 g/mol. The SMILES string of the molecule is CCCCCCCCCC(CCCCCCCCS)c1ccccc1. The minimum atomic E-state index is 0.786. The lowest BCUT2D eigenvalue weighted by molar-refractivity contribution is 0.485. The molecule has 0 saturated heterocycles. The summed E-state index contributed by atoms with van der Waals surface area (Å²) in [5.41, 5.74) is 1.57. The third kappa shape index (κ3) is 12.5. The molecule has 0 heterocycles. The Morgan fingerprint density at radius 1 is 0.640 bits per heavy atom. The van der Waals surface area contributed by atoms with Gasteiger partial charge in [0, 0.05) is 0 Å². The molecule has 0 N–H and O–H groups in total. The van der Waals surface area contributed by atoms with Crippen molar-refractivity contribution < 1.29 is 0 Å². The summed E-state index contributed by atoms with van der Waals surface area (Å²) in [6.45, 7) is 2.30. The molecule has 1 atom stereocenters. The molecular formula is C24H42S. The van der Waals surface area contributed by atoms with E-state index in [1.165, 1.54) is 96.3 Å². The van der Waals surface area contributed by atoms with E-state index in [4.69, 9.17) is 0 Å². The maximum Gasteiger partial charge on any atom is -0.00979 e. The Balaban J connectivity index is 2.21. The van der Waals surface area contributed by atoms with E-state index in [1.807, 2.05) is 0 Å². The third-order valence-corrected chi connectivity index (χ3v) is 5.70. The van der Waals surface area contributed by atoms with E-state index in [1.54, 1.807) is 5.56 Å². The first kappa shape index (κ1) is 22.6. The molecule has 0 aliphatic rings. The summed E-state index contributed by atoms with van der Waals surface area (Å²) >= 11 is 4.30. The van der Waals surface area contributed by atoms with Crippen LogP contribution in [0.15, 0.2) is 30.3 Å². The zero-order valence-electron chi connectivity index (χ0n) is 16.7. The van der Waals surface area contributed by atoms with Gasteiger partial charge in [-0.25, -0.2) is 0 Å². The van der Waals surface area contributed by atoms with Gasteiger partial charge in [-0.1, -0.05) is 114 Å². The van der Waals surface area contributed by atoms with Gasteiger partial charge in [-0.3, -0.25) is 0 Å². The summed E-state index contributed by atoms with van der Waals surface area (Å²) in [4.78, 5) is 0.